The van der Waals surface area contributed by atoms with Crippen molar-refractivity contribution in [2.45, 2.75) is 20.8 Å². The van der Waals surface area contributed by atoms with Crippen LogP contribution < -0.4 is 15.4 Å². The second-order valence-corrected chi connectivity index (χ2v) is 6.55. The van der Waals surface area contributed by atoms with E-state index < -0.39 is 0 Å². The molecule has 0 radical (unpaired) electrons. The van der Waals surface area contributed by atoms with Gasteiger partial charge < -0.3 is 20.3 Å². The zero-order valence-corrected chi connectivity index (χ0v) is 16.2. The van der Waals surface area contributed by atoms with E-state index in [0.717, 1.165) is 47.9 Å². The molecule has 27 heavy (non-hydrogen) atoms. The maximum absolute atomic E-state index is 12.2. The van der Waals surface area contributed by atoms with E-state index in [4.69, 9.17) is 4.74 Å². The highest BCUT2D eigenvalue weighted by Gasteiger charge is 2.25. The fourth-order valence-corrected chi connectivity index (χ4v) is 3.21. The first-order chi connectivity index (χ1) is 13.1. The molecule has 5 heteroatoms. The van der Waals surface area contributed by atoms with Gasteiger partial charge in [-0.15, -0.1) is 0 Å². The van der Waals surface area contributed by atoms with Crippen molar-refractivity contribution in [1.29, 1.82) is 0 Å². The average molecular weight is 365 g/mol. The zero-order chi connectivity index (χ0) is 19.2. The number of fused-ring (bicyclic) bond motifs is 1. The molecule has 0 aliphatic carbocycles. The van der Waals surface area contributed by atoms with Crippen LogP contribution in [0.1, 0.15) is 25.0 Å². The number of carbonyl (C=O) groups is 1. The van der Waals surface area contributed by atoms with Gasteiger partial charge in [0.25, 0.3) is 5.91 Å². The van der Waals surface area contributed by atoms with E-state index in [1.54, 1.807) is 6.20 Å². The highest BCUT2D eigenvalue weighted by molar-refractivity contribution is 6.32. The van der Waals surface area contributed by atoms with Crippen molar-refractivity contribution in [2.75, 3.05) is 36.9 Å². The minimum atomic E-state index is -0.0804. The van der Waals surface area contributed by atoms with Gasteiger partial charge in [0.05, 0.1) is 5.57 Å². The molecule has 1 aliphatic heterocycles. The van der Waals surface area contributed by atoms with Crippen LogP contribution in [0.2, 0.25) is 0 Å². The van der Waals surface area contributed by atoms with Crippen LogP contribution in [0.3, 0.4) is 0 Å². The Bertz CT molecular complexity index is 824. The predicted octanol–water partition coefficient (Wildman–Crippen LogP) is 4.12. The van der Waals surface area contributed by atoms with E-state index in [0.29, 0.717) is 12.2 Å². The van der Waals surface area contributed by atoms with Gasteiger partial charge in [-0.25, -0.2) is 0 Å². The minimum absolute atomic E-state index is 0.0804. The summed E-state index contributed by atoms with van der Waals surface area (Å²) in [6, 6.07) is 13.7. The van der Waals surface area contributed by atoms with E-state index in [1.807, 2.05) is 49.4 Å². The summed E-state index contributed by atoms with van der Waals surface area (Å²) in [5.41, 5.74) is 4.48. The first kappa shape index (κ1) is 19.0. The lowest BCUT2D eigenvalue weighted by atomic mass is 10.0. The Hall–Kier alpha value is -2.79. The summed E-state index contributed by atoms with van der Waals surface area (Å²) in [5, 5.41) is 6.12. The van der Waals surface area contributed by atoms with Crippen LogP contribution in [0.15, 0.2) is 48.7 Å². The largest absolute Gasteiger partial charge is 0.492 e. The molecule has 0 atom stereocenters. The van der Waals surface area contributed by atoms with Gasteiger partial charge in [0, 0.05) is 29.7 Å². The number of nitrogens with zero attached hydrogens (tertiary/aromatic N) is 1. The average Bonchev–Trinajstić information content (AvgIpc) is 3.01. The van der Waals surface area contributed by atoms with Gasteiger partial charge in [0.1, 0.15) is 12.4 Å². The number of carbonyl (C=O) groups excluding carboxylic acids is 1. The quantitative estimate of drug-likeness (QED) is 0.691. The number of benzene rings is 2. The maximum Gasteiger partial charge on any atom is 0.257 e. The highest BCUT2D eigenvalue weighted by atomic mass is 16.5. The minimum Gasteiger partial charge on any atom is -0.492 e. The molecule has 0 saturated heterocycles. The number of rotatable bonds is 8. The maximum atomic E-state index is 12.2. The fourth-order valence-electron chi connectivity index (χ4n) is 3.21. The second-order valence-electron chi connectivity index (χ2n) is 6.55. The Morgan fingerprint density at radius 3 is 2.56 bits per heavy atom. The van der Waals surface area contributed by atoms with Crippen LogP contribution in [-0.2, 0) is 4.79 Å². The van der Waals surface area contributed by atoms with Crippen LogP contribution in [0.25, 0.3) is 5.57 Å². The standard InChI is InChI=1S/C22H27N3O2/c1-4-25(5-2)13-14-27-18-11-9-17(10-12-18)23-15-19-21-16(3)7-6-8-20(21)24-22(19)26/h6-12,15,23H,4-5,13-14H2,1-3H3,(H,24,26)/b19-15+. The summed E-state index contributed by atoms with van der Waals surface area (Å²) in [6.45, 7) is 9.99. The van der Waals surface area contributed by atoms with Crippen molar-refractivity contribution in [2.24, 2.45) is 0 Å². The molecule has 1 aliphatic rings. The summed E-state index contributed by atoms with van der Waals surface area (Å²) in [7, 11) is 0. The number of ether oxygens (including phenoxy) is 1. The van der Waals surface area contributed by atoms with Gasteiger partial charge in [-0.2, -0.15) is 0 Å². The Morgan fingerprint density at radius 2 is 1.85 bits per heavy atom. The van der Waals surface area contributed by atoms with Crippen molar-refractivity contribution in [3.63, 3.8) is 0 Å². The molecule has 0 unspecified atom stereocenters. The SMILES string of the molecule is CCN(CC)CCOc1ccc(N/C=C2/C(=O)Nc3cccc(C)c32)cc1. The number of amides is 1. The Labute approximate surface area is 161 Å². The van der Waals surface area contributed by atoms with Crippen LogP contribution in [0.4, 0.5) is 11.4 Å². The molecule has 2 aromatic rings. The van der Waals surface area contributed by atoms with E-state index in [2.05, 4.69) is 29.4 Å². The van der Waals surface area contributed by atoms with Gasteiger partial charge in [0.2, 0.25) is 0 Å². The number of hydrogen-bond donors (Lipinski definition) is 2. The van der Waals surface area contributed by atoms with Crippen molar-refractivity contribution < 1.29 is 9.53 Å². The van der Waals surface area contributed by atoms with Crippen molar-refractivity contribution in [1.82, 2.24) is 4.90 Å². The number of nitrogens with one attached hydrogen (secondary N) is 2. The van der Waals surface area contributed by atoms with E-state index in [1.165, 1.54) is 0 Å². The molecule has 0 saturated carbocycles. The van der Waals surface area contributed by atoms with Crippen LogP contribution in [0, 0.1) is 6.92 Å². The lowest BCUT2D eigenvalue weighted by Crippen LogP contribution is -2.27. The molecule has 142 valence electrons. The van der Waals surface area contributed by atoms with Crippen molar-refractivity contribution in [3.8, 4) is 5.75 Å². The molecule has 0 fully saturated rings. The van der Waals surface area contributed by atoms with E-state index >= 15 is 0 Å². The number of hydrogen-bond acceptors (Lipinski definition) is 4. The molecule has 0 bridgehead atoms. The second kappa shape index (κ2) is 8.73. The summed E-state index contributed by atoms with van der Waals surface area (Å²) >= 11 is 0. The number of aryl methyl sites for hydroxylation is 1. The van der Waals surface area contributed by atoms with E-state index in [9.17, 15) is 4.79 Å². The number of anilines is 2. The first-order valence-corrected chi connectivity index (χ1v) is 9.45. The summed E-state index contributed by atoms with van der Waals surface area (Å²) in [6.07, 6.45) is 1.77. The highest BCUT2D eigenvalue weighted by Crippen LogP contribution is 2.34. The smallest absolute Gasteiger partial charge is 0.257 e. The van der Waals surface area contributed by atoms with Crippen LogP contribution in [0.5, 0.6) is 5.75 Å². The van der Waals surface area contributed by atoms with Crippen molar-refractivity contribution in [3.05, 3.63) is 59.8 Å². The predicted molar refractivity (Wildman–Crippen MR) is 111 cm³/mol. The molecule has 1 heterocycles. The normalized spacial score (nSPS) is 14.4. The van der Waals surface area contributed by atoms with Crippen LogP contribution in [-0.4, -0.2) is 37.0 Å². The molecule has 1 amide bonds. The summed E-state index contributed by atoms with van der Waals surface area (Å²) in [4.78, 5) is 14.6. The molecule has 0 aromatic heterocycles. The van der Waals surface area contributed by atoms with Gasteiger partial charge in [0.15, 0.2) is 0 Å². The van der Waals surface area contributed by atoms with Crippen LogP contribution >= 0.6 is 0 Å². The summed E-state index contributed by atoms with van der Waals surface area (Å²) < 4.78 is 5.80. The zero-order valence-electron chi connectivity index (χ0n) is 16.2. The van der Waals surface area contributed by atoms with Gasteiger partial charge in [-0.1, -0.05) is 26.0 Å². The molecule has 0 spiro atoms. The van der Waals surface area contributed by atoms with Gasteiger partial charge >= 0.3 is 0 Å². The topological polar surface area (TPSA) is 53.6 Å². The van der Waals surface area contributed by atoms with Gasteiger partial charge in [-0.3, -0.25) is 4.79 Å². The molecule has 3 rings (SSSR count). The van der Waals surface area contributed by atoms with E-state index in [-0.39, 0.29) is 5.91 Å². The Morgan fingerprint density at radius 1 is 1.11 bits per heavy atom. The van der Waals surface area contributed by atoms with Gasteiger partial charge in [-0.05, 0) is 55.9 Å². The molecule has 2 aromatic carbocycles. The van der Waals surface area contributed by atoms with Crippen molar-refractivity contribution >= 4 is 22.9 Å². The Balaban J connectivity index is 1.61. The third kappa shape index (κ3) is 4.49. The first-order valence-electron chi connectivity index (χ1n) is 9.45. The molecule has 5 nitrogen and oxygen atoms in total. The fraction of sp³-hybridized carbons (Fsp3) is 0.318. The lowest BCUT2D eigenvalue weighted by molar-refractivity contribution is -0.110. The molecular weight excluding hydrogens is 338 g/mol. The third-order valence-electron chi connectivity index (χ3n) is 4.84. The monoisotopic (exact) mass is 365 g/mol. The third-order valence-corrected chi connectivity index (χ3v) is 4.84. The number of likely N-dealkylation sites (N-methyl/N-ethyl adjacent to an activating group) is 1. The molecular formula is C22H27N3O2. The Kier molecular flexibility index (Phi) is 6.14. The summed E-state index contributed by atoms with van der Waals surface area (Å²) in [5.74, 6) is 0.767. The molecule has 2 N–H and O–H groups in total. The lowest BCUT2D eigenvalue weighted by Gasteiger charge is -2.18.